The van der Waals surface area contributed by atoms with E-state index in [0.29, 0.717) is 33.7 Å². The van der Waals surface area contributed by atoms with Gasteiger partial charge in [0.25, 0.3) is 17.3 Å². The average molecular weight is 573 g/mol. The summed E-state index contributed by atoms with van der Waals surface area (Å²) < 4.78 is 15.9. The Morgan fingerprint density at radius 3 is 2.30 bits per heavy atom. The van der Waals surface area contributed by atoms with Crippen molar-refractivity contribution in [3.05, 3.63) is 56.6 Å². The number of hydrogen-bond donors (Lipinski definition) is 1. The molecule has 0 saturated heterocycles. The first-order valence-electron chi connectivity index (χ1n) is 12.0. The molecule has 0 spiro atoms. The summed E-state index contributed by atoms with van der Waals surface area (Å²) in [6, 6.07) is 7.31. The van der Waals surface area contributed by atoms with Gasteiger partial charge < -0.3 is 24.0 Å². The smallest absolute Gasteiger partial charge is 0.328 e. The number of rotatable bonds is 5. The van der Waals surface area contributed by atoms with Crippen molar-refractivity contribution >= 4 is 57.7 Å². The number of esters is 1. The SMILES string of the molecule is CC1C(=O)NN=C2COc3ccc([N+](=O)[O-])cc3N21.CCOC(=O)C(C)N1C(=S)COc2ccc([N+](=O)[O-])cc21. The molecule has 15 nitrogen and oxygen atoms in total. The quantitative estimate of drug-likeness (QED) is 0.240. The Morgan fingerprint density at radius 2 is 1.70 bits per heavy atom. The maximum absolute atomic E-state index is 11.9. The highest BCUT2D eigenvalue weighted by atomic mass is 32.1. The summed E-state index contributed by atoms with van der Waals surface area (Å²) in [4.78, 5) is 47.9. The molecule has 2 aromatic rings. The zero-order valence-electron chi connectivity index (χ0n) is 21.6. The molecule has 210 valence electrons. The number of fused-ring (bicyclic) bond motifs is 4. The summed E-state index contributed by atoms with van der Waals surface area (Å²) in [5.41, 5.74) is 3.14. The van der Waals surface area contributed by atoms with Gasteiger partial charge >= 0.3 is 5.97 Å². The van der Waals surface area contributed by atoms with Crippen LogP contribution in [0.5, 0.6) is 11.5 Å². The van der Waals surface area contributed by atoms with Crippen LogP contribution in [-0.4, -0.2) is 64.5 Å². The lowest BCUT2D eigenvalue weighted by Gasteiger charge is -2.37. The molecule has 16 heteroatoms. The number of amides is 1. The minimum absolute atomic E-state index is 0.0539. The van der Waals surface area contributed by atoms with Gasteiger partial charge in [-0.15, -0.1) is 0 Å². The van der Waals surface area contributed by atoms with Crippen molar-refractivity contribution in [1.82, 2.24) is 5.43 Å². The number of amidine groups is 1. The first kappa shape index (κ1) is 28.2. The number of hydrogen-bond acceptors (Lipinski definition) is 12. The number of hydrazone groups is 1. The monoisotopic (exact) mass is 572 g/mol. The predicted molar refractivity (Wildman–Crippen MR) is 146 cm³/mol. The van der Waals surface area contributed by atoms with Gasteiger partial charge in [-0.2, -0.15) is 5.10 Å². The number of nitro groups is 2. The lowest BCUT2D eigenvalue weighted by atomic mass is 10.1. The molecule has 2 unspecified atom stereocenters. The molecule has 40 heavy (non-hydrogen) atoms. The first-order valence-corrected chi connectivity index (χ1v) is 12.4. The van der Waals surface area contributed by atoms with E-state index in [2.05, 4.69) is 10.5 Å². The molecular weight excluding hydrogens is 548 g/mol. The third-order valence-corrected chi connectivity index (χ3v) is 6.47. The van der Waals surface area contributed by atoms with Crippen LogP contribution in [0.3, 0.4) is 0 Å². The average Bonchev–Trinajstić information content (AvgIpc) is 2.94. The van der Waals surface area contributed by atoms with Gasteiger partial charge in [-0.25, -0.2) is 10.2 Å². The lowest BCUT2D eigenvalue weighted by Crippen LogP contribution is -2.55. The van der Waals surface area contributed by atoms with Crippen LogP contribution in [-0.2, 0) is 14.3 Å². The van der Waals surface area contributed by atoms with Crippen LogP contribution in [0, 0.1) is 20.2 Å². The molecule has 0 saturated carbocycles. The largest absolute Gasteiger partial charge is 0.484 e. The van der Waals surface area contributed by atoms with Crippen LogP contribution in [0.1, 0.15) is 20.8 Å². The third-order valence-electron chi connectivity index (χ3n) is 6.16. The minimum Gasteiger partial charge on any atom is -0.484 e. The Labute approximate surface area is 232 Å². The van der Waals surface area contributed by atoms with Gasteiger partial charge in [0.15, 0.2) is 5.84 Å². The van der Waals surface area contributed by atoms with Crippen molar-refractivity contribution < 1.29 is 33.6 Å². The fraction of sp³-hybridized carbons (Fsp3) is 0.333. The number of anilines is 2. The Hall–Kier alpha value is -4.86. The van der Waals surface area contributed by atoms with E-state index in [1.807, 2.05) is 0 Å². The summed E-state index contributed by atoms with van der Waals surface area (Å²) in [5.74, 6) is 0.777. The fourth-order valence-corrected chi connectivity index (χ4v) is 4.51. The van der Waals surface area contributed by atoms with E-state index in [4.69, 9.17) is 26.4 Å². The summed E-state index contributed by atoms with van der Waals surface area (Å²) in [6.45, 7) is 5.67. The topological polar surface area (TPSA) is 179 Å². The molecule has 3 aliphatic heterocycles. The van der Waals surface area contributed by atoms with Gasteiger partial charge in [0.05, 0.1) is 27.8 Å². The maximum Gasteiger partial charge on any atom is 0.328 e. The van der Waals surface area contributed by atoms with E-state index in [9.17, 15) is 29.8 Å². The van der Waals surface area contributed by atoms with Gasteiger partial charge in [-0.05, 0) is 32.9 Å². The van der Waals surface area contributed by atoms with Crippen molar-refractivity contribution in [2.24, 2.45) is 5.10 Å². The zero-order valence-corrected chi connectivity index (χ0v) is 22.4. The number of carbonyl (C=O) groups is 2. The minimum atomic E-state index is -0.679. The highest BCUT2D eigenvalue weighted by Crippen LogP contribution is 2.38. The van der Waals surface area contributed by atoms with Crippen LogP contribution >= 0.6 is 12.2 Å². The molecule has 2 aromatic carbocycles. The molecule has 0 aromatic heterocycles. The van der Waals surface area contributed by atoms with Crippen molar-refractivity contribution in [2.75, 3.05) is 29.6 Å². The molecule has 0 aliphatic carbocycles. The second-order valence-electron chi connectivity index (χ2n) is 8.64. The van der Waals surface area contributed by atoms with E-state index < -0.39 is 27.9 Å². The van der Waals surface area contributed by atoms with Crippen LogP contribution in [0.25, 0.3) is 0 Å². The number of carbonyl (C=O) groups excluding carboxylic acids is 2. The lowest BCUT2D eigenvalue weighted by molar-refractivity contribution is -0.385. The van der Waals surface area contributed by atoms with E-state index in [1.54, 1.807) is 30.6 Å². The van der Waals surface area contributed by atoms with Gasteiger partial charge in [0.1, 0.15) is 41.8 Å². The second-order valence-corrected chi connectivity index (χ2v) is 9.11. The zero-order chi connectivity index (χ0) is 29.1. The highest BCUT2D eigenvalue weighted by Gasteiger charge is 2.36. The number of ether oxygens (including phenoxy) is 3. The van der Waals surface area contributed by atoms with E-state index >= 15 is 0 Å². The Kier molecular flexibility index (Phi) is 8.08. The van der Waals surface area contributed by atoms with Crippen LogP contribution < -0.4 is 24.7 Å². The summed E-state index contributed by atoms with van der Waals surface area (Å²) in [5, 5.41) is 25.6. The van der Waals surface area contributed by atoms with Gasteiger partial charge in [0, 0.05) is 24.3 Å². The van der Waals surface area contributed by atoms with E-state index in [-0.39, 0.29) is 37.1 Å². The van der Waals surface area contributed by atoms with Gasteiger partial charge in [-0.1, -0.05) is 12.2 Å². The standard InChI is InChI=1S/C13H14N2O5S.C11H10N4O4/c1-3-19-13(16)8(2)14-10-6-9(15(17)18)4-5-11(10)20-7-12(14)21;1-6-11(16)13-12-10-5-19-9-3-2-7(15(17)18)4-8(9)14(6)10/h4-6,8H,3,7H2,1-2H3;2-4,6H,5H2,1H3,(H,13,16). The van der Waals surface area contributed by atoms with Crippen LogP contribution in [0.2, 0.25) is 0 Å². The molecule has 0 fully saturated rings. The number of benzene rings is 2. The first-order chi connectivity index (χ1) is 19.0. The molecule has 5 rings (SSSR count). The van der Waals surface area contributed by atoms with Crippen molar-refractivity contribution in [3.63, 3.8) is 0 Å². The molecule has 2 atom stereocenters. The molecular formula is C24H24N6O9S. The van der Waals surface area contributed by atoms with Gasteiger partial charge in [0.2, 0.25) is 0 Å². The molecule has 3 aliphatic rings. The molecule has 0 radical (unpaired) electrons. The van der Waals surface area contributed by atoms with Crippen LogP contribution in [0.15, 0.2) is 41.5 Å². The van der Waals surface area contributed by atoms with Crippen molar-refractivity contribution in [3.8, 4) is 11.5 Å². The number of nitrogens with one attached hydrogen (secondary N) is 1. The van der Waals surface area contributed by atoms with Crippen molar-refractivity contribution in [1.29, 1.82) is 0 Å². The third kappa shape index (κ3) is 5.47. The van der Waals surface area contributed by atoms with E-state index in [0.717, 1.165) is 0 Å². The Balaban J connectivity index is 0.000000186. The molecule has 0 bridgehead atoms. The fourth-order valence-electron chi connectivity index (χ4n) is 4.20. The number of nitrogens with zero attached hydrogens (tertiary/aromatic N) is 5. The highest BCUT2D eigenvalue weighted by molar-refractivity contribution is 7.80. The second kappa shape index (κ2) is 11.5. The Morgan fingerprint density at radius 1 is 1.12 bits per heavy atom. The Bertz CT molecular complexity index is 1430. The number of nitro benzene ring substituents is 2. The van der Waals surface area contributed by atoms with Gasteiger partial charge in [-0.3, -0.25) is 25.0 Å². The predicted octanol–water partition coefficient (Wildman–Crippen LogP) is 2.70. The van der Waals surface area contributed by atoms with Crippen molar-refractivity contribution in [2.45, 2.75) is 32.9 Å². The number of non-ortho nitro benzene ring substituents is 2. The van der Waals surface area contributed by atoms with E-state index in [1.165, 1.54) is 36.4 Å². The maximum atomic E-state index is 11.9. The summed E-state index contributed by atoms with van der Waals surface area (Å²) in [6.07, 6.45) is 0. The molecule has 1 N–H and O–H groups in total. The normalized spacial score (nSPS) is 17.7. The molecule has 1 amide bonds. The summed E-state index contributed by atoms with van der Waals surface area (Å²) >= 11 is 5.22. The summed E-state index contributed by atoms with van der Waals surface area (Å²) in [7, 11) is 0. The molecule has 3 heterocycles. The number of thiocarbonyl (C=S) groups is 1. The van der Waals surface area contributed by atoms with Crippen LogP contribution in [0.4, 0.5) is 22.7 Å².